The van der Waals surface area contributed by atoms with Gasteiger partial charge in [-0.3, -0.25) is 4.79 Å². The molecule has 0 radical (unpaired) electrons. The van der Waals surface area contributed by atoms with E-state index in [1.807, 2.05) is 54.3 Å². The molecular weight excluding hydrogens is 342 g/mol. The van der Waals surface area contributed by atoms with Crippen molar-refractivity contribution >= 4 is 21.8 Å². The largest absolute Gasteiger partial charge is 0.489 e. The predicted octanol–water partition coefficient (Wildman–Crippen LogP) is 4.18. The fraction of sp³-hybridized carbons (Fsp3) is 0.278. The smallest absolute Gasteiger partial charge is 0.255 e. The molecule has 0 aliphatic carbocycles. The Kier molecular flexibility index (Phi) is 4.48. The van der Waals surface area contributed by atoms with Gasteiger partial charge >= 0.3 is 0 Å². The molecule has 1 aliphatic rings. The van der Waals surface area contributed by atoms with Crippen molar-refractivity contribution in [2.45, 2.75) is 20.0 Å². The molecule has 0 aromatic heterocycles. The minimum absolute atomic E-state index is 0.0841. The summed E-state index contributed by atoms with van der Waals surface area (Å²) in [5, 5.41) is 0. The highest BCUT2D eigenvalue weighted by molar-refractivity contribution is 9.10. The van der Waals surface area contributed by atoms with Crippen LogP contribution >= 0.6 is 15.9 Å². The van der Waals surface area contributed by atoms with Crippen LogP contribution in [0.3, 0.4) is 0 Å². The first kappa shape index (κ1) is 15.1. The molecular formula is C18H18BrNO2. The van der Waals surface area contributed by atoms with Crippen molar-refractivity contribution in [1.29, 1.82) is 0 Å². The van der Waals surface area contributed by atoms with Crippen LogP contribution < -0.4 is 4.74 Å². The van der Waals surface area contributed by atoms with Gasteiger partial charge in [0.1, 0.15) is 12.4 Å². The molecule has 1 saturated heterocycles. The van der Waals surface area contributed by atoms with Crippen LogP contribution in [-0.4, -0.2) is 23.9 Å². The lowest BCUT2D eigenvalue weighted by molar-refractivity contribution is 0.0649. The van der Waals surface area contributed by atoms with E-state index in [2.05, 4.69) is 15.9 Å². The number of carbonyl (C=O) groups excluding carboxylic acids is 1. The summed E-state index contributed by atoms with van der Waals surface area (Å²) in [7, 11) is 0. The fourth-order valence-electron chi connectivity index (χ4n) is 2.49. The summed E-state index contributed by atoms with van der Waals surface area (Å²) in [4.78, 5) is 14.4. The standard InChI is InChI=1S/C18H18BrNO2/c1-13-16(22-12-14-6-3-2-4-7-14)9-8-15(19)17(13)18(21)20-10-5-11-20/h2-4,6-9H,5,10-12H2,1H3. The summed E-state index contributed by atoms with van der Waals surface area (Å²) in [5.41, 5.74) is 2.72. The van der Waals surface area contributed by atoms with Crippen LogP contribution in [0.15, 0.2) is 46.9 Å². The number of likely N-dealkylation sites (tertiary alicyclic amines) is 1. The fourth-order valence-corrected chi connectivity index (χ4v) is 3.09. The third-order valence-electron chi connectivity index (χ3n) is 3.96. The molecule has 2 aromatic carbocycles. The number of hydrogen-bond acceptors (Lipinski definition) is 2. The lowest BCUT2D eigenvalue weighted by Gasteiger charge is -2.32. The number of rotatable bonds is 4. The van der Waals surface area contributed by atoms with Gasteiger partial charge in [0.05, 0.1) is 5.56 Å². The molecule has 1 aliphatic heterocycles. The van der Waals surface area contributed by atoms with E-state index in [1.54, 1.807) is 0 Å². The number of ether oxygens (including phenoxy) is 1. The van der Waals surface area contributed by atoms with E-state index in [4.69, 9.17) is 4.74 Å². The summed E-state index contributed by atoms with van der Waals surface area (Å²) in [6.45, 7) is 4.14. The quantitative estimate of drug-likeness (QED) is 0.819. The summed E-state index contributed by atoms with van der Waals surface area (Å²) >= 11 is 3.50. The third kappa shape index (κ3) is 3.02. The Bertz CT molecular complexity index is 681. The van der Waals surface area contributed by atoms with Gasteiger partial charge in [-0.2, -0.15) is 0 Å². The molecule has 3 rings (SSSR count). The second-order valence-electron chi connectivity index (χ2n) is 5.47. The summed E-state index contributed by atoms with van der Waals surface area (Å²) in [5.74, 6) is 0.844. The normalized spacial score (nSPS) is 13.6. The third-order valence-corrected chi connectivity index (χ3v) is 4.62. The molecule has 0 saturated carbocycles. The van der Waals surface area contributed by atoms with Gasteiger partial charge in [-0.05, 0) is 47.0 Å². The van der Waals surface area contributed by atoms with Crippen LogP contribution in [0.4, 0.5) is 0 Å². The van der Waals surface area contributed by atoms with E-state index < -0.39 is 0 Å². The van der Waals surface area contributed by atoms with E-state index >= 15 is 0 Å². The zero-order chi connectivity index (χ0) is 15.5. The Hall–Kier alpha value is -1.81. The first-order valence-corrected chi connectivity index (χ1v) is 8.21. The summed E-state index contributed by atoms with van der Waals surface area (Å²) < 4.78 is 6.74. The number of amides is 1. The van der Waals surface area contributed by atoms with Crippen LogP contribution in [0.2, 0.25) is 0 Å². The molecule has 0 spiro atoms. The highest BCUT2D eigenvalue weighted by Crippen LogP contribution is 2.31. The van der Waals surface area contributed by atoms with Crippen LogP contribution in [-0.2, 0) is 6.61 Å². The number of nitrogens with zero attached hydrogens (tertiary/aromatic N) is 1. The molecule has 1 heterocycles. The van der Waals surface area contributed by atoms with Gasteiger partial charge < -0.3 is 9.64 Å². The Morgan fingerprint density at radius 3 is 2.55 bits per heavy atom. The summed E-state index contributed by atoms with van der Waals surface area (Å²) in [6, 6.07) is 13.8. The van der Waals surface area contributed by atoms with Crippen molar-refractivity contribution in [3.8, 4) is 5.75 Å². The highest BCUT2D eigenvalue weighted by atomic mass is 79.9. The zero-order valence-corrected chi connectivity index (χ0v) is 14.1. The monoisotopic (exact) mass is 359 g/mol. The molecule has 114 valence electrons. The van der Waals surface area contributed by atoms with Crippen molar-refractivity contribution in [3.63, 3.8) is 0 Å². The molecule has 0 bridgehead atoms. The van der Waals surface area contributed by atoms with Gasteiger partial charge in [-0.25, -0.2) is 0 Å². The molecule has 3 nitrogen and oxygen atoms in total. The average Bonchev–Trinajstić information content (AvgIpc) is 2.46. The first-order valence-electron chi connectivity index (χ1n) is 7.42. The van der Waals surface area contributed by atoms with E-state index in [0.29, 0.717) is 12.2 Å². The predicted molar refractivity (Wildman–Crippen MR) is 90.2 cm³/mol. The van der Waals surface area contributed by atoms with Crippen molar-refractivity contribution in [2.24, 2.45) is 0 Å². The number of halogens is 1. The van der Waals surface area contributed by atoms with Crippen LogP contribution in [0.25, 0.3) is 0 Å². The van der Waals surface area contributed by atoms with Gasteiger partial charge in [-0.1, -0.05) is 30.3 Å². The Morgan fingerprint density at radius 1 is 1.18 bits per heavy atom. The lowest BCUT2D eigenvalue weighted by atomic mass is 10.0. The second-order valence-corrected chi connectivity index (χ2v) is 6.32. The van der Waals surface area contributed by atoms with Crippen molar-refractivity contribution < 1.29 is 9.53 Å². The minimum Gasteiger partial charge on any atom is -0.489 e. The Morgan fingerprint density at radius 2 is 1.91 bits per heavy atom. The van der Waals surface area contributed by atoms with Gasteiger partial charge in [0.25, 0.3) is 5.91 Å². The van der Waals surface area contributed by atoms with Crippen LogP contribution in [0, 0.1) is 6.92 Å². The van der Waals surface area contributed by atoms with Crippen molar-refractivity contribution in [3.05, 3.63) is 63.6 Å². The van der Waals surface area contributed by atoms with Gasteiger partial charge in [0, 0.05) is 23.1 Å². The molecule has 22 heavy (non-hydrogen) atoms. The van der Waals surface area contributed by atoms with Crippen LogP contribution in [0.5, 0.6) is 5.75 Å². The number of carbonyl (C=O) groups is 1. The maximum absolute atomic E-state index is 12.5. The van der Waals surface area contributed by atoms with E-state index in [9.17, 15) is 4.79 Å². The van der Waals surface area contributed by atoms with Crippen molar-refractivity contribution in [1.82, 2.24) is 4.90 Å². The van der Waals surface area contributed by atoms with Gasteiger partial charge in [0.15, 0.2) is 0 Å². The average molecular weight is 360 g/mol. The molecule has 1 amide bonds. The zero-order valence-electron chi connectivity index (χ0n) is 12.5. The molecule has 0 N–H and O–H groups in total. The lowest BCUT2D eigenvalue weighted by Crippen LogP contribution is -2.42. The first-order chi connectivity index (χ1) is 10.7. The van der Waals surface area contributed by atoms with Crippen molar-refractivity contribution in [2.75, 3.05) is 13.1 Å². The second kappa shape index (κ2) is 6.53. The molecule has 2 aromatic rings. The molecule has 0 unspecified atom stereocenters. The SMILES string of the molecule is Cc1c(OCc2ccccc2)ccc(Br)c1C(=O)N1CCC1. The van der Waals surface area contributed by atoms with E-state index in [0.717, 1.165) is 40.9 Å². The Balaban J connectivity index is 1.81. The van der Waals surface area contributed by atoms with E-state index in [1.165, 1.54) is 0 Å². The van der Waals surface area contributed by atoms with Crippen LogP contribution in [0.1, 0.15) is 27.9 Å². The van der Waals surface area contributed by atoms with Gasteiger partial charge in [-0.15, -0.1) is 0 Å². The Labute approximate surface area is 139 Å². The topological polar surface area (TPSA) is 29.5 Å². The van der Waals surface area contributed by atoms with E-state index in [-0.39, 0.29) is 5.91 Å². The molecule has 0 atom stereocenters. The molecule has 4 heteroatoms. The molecule has 1 fully saturated rings. The number of benzene rings is 2. The highest BCUT2D eigenvalue weighted by Gasteiger charge is 2.26. The maximum atomic E-state index is 12.5. The summed E-state index contributed by atoms with van der Waals surface area (Å²) in [6.07, 6.45) is 1.09. The maximum Gasteiger partial charge on any atom is 0.255 e. The number of hydrogen-bond donors (Lipinski definition) is 0. The van der Waals surface area contributed by atoms with Gasteiger partial charge in [0.2, 0.25) is 0 Å². The minimum atomic E-state index is 0.0841.